The molecule has 0 bridgehead atoms. The molecule has 59 heavy (non-hydrogen) atoms. The number of rotatable bonds is 8. The summed E-state index contributed by atoms with van der Waals surface area (Å²) in [7, 11) is -3.38. The Morgan fingerprint density at radius 1 is 0.881 bits per heavy atom. The van der Waals surface area contributed by atoms with Crippen molar-refractivity contribution in [2.24, 2.45) is 11.1 Å². The molecule has 4 fully saturated rings. The van der Waals surface area contributed by atoms with Crippen molar-refractivity contribution in [2.45, 2.75) is 68.3 Å². The molecule has 4 saturated heterocycles. The third kappa shape index (κ3) is 8.02. The molecule has 0 radical (unpaired) electrons. The molecule has 5 aliphatic heterocycles. The van der Waals surface area contributed by atoms with Crippen LogP contribution in [0.1, 0.15) is 82.6 Å². The number of piperidine rings is 4. The number of carbonyl (C=O) groups excluding carboxylic acids is 6. The van der Waals surface area contributed by atoms with Crippen LogP contribution in [0.3, 0.4) is 0 Å². The van der Waals surface area contributed by atoms with Gasteiger partial charge in [0.05, 0.1) is 22.2 Å². The summed E-state index contributed by atoms with van der Waals surface area (Å²) in [6.45, 7) is 3.95. The van der Waals surface area contributed by atoms with Crippen molar-refractivity contribution in [3.05, 3.63) is 65.5 Å². The number of nitrogens with zero attached hydrogens (tertiary/aromatic N) is 6. The fourth-order valence-electron chi connectivity index (χ4n) is 8.87. The number of urea groups is 1. The standard InChI is InChI=1S/C40H46N10O8S/c1-59(57,58)27-7-4-24(5-8-27)43-35-33(34(41)52)42-22-31(45-35)49-16-2-3-25(23-49)44-39(56)48-19-14-40(15-20-48)12-17-47(18-13-40)26-6-9-28-29(21-26)38(55)50(37(28)54)30-10-11-32(51)46-36(30)53/h4-9,21-22,25,30H,2-3,10-20,23H2,1H3,(H2,41,52)(H,43,45)(H,44,56)(H,46,51,53). The maximum absolute atomic E-state index is 13.5. The maximum Gasteiger partial charge on any atom is 0.317 e. The van der Waals surface area contributed by atoms with E-state index in [2.05, 4.69) is 30.8 Å². The van der Waals surface area contributed by atoms with Crippen LogP contribution in [0.5, 0.6) is 0 Å². The highest BCUT2D eigenvalue weighted by molar-refractivity contribution is 7.90. The monoisotopic (exact) mass is 826 g/mol. The number of fused-ring (bicyclic) bond motifs is 1. The molecule has 6 heterocycles. The van der Waals surface area contributed by atoms with Gasteiger partial charge in [-0.2, -0.15) is 0 Å². The first-order valence-corrected chi connectivity index (χ1v) is 21.7. The molecular weight excluding hydrogens is 781 g/mol. The summed E-state index contributed by atoms with van der Waals surface area (Å²) in [6, 6.07) is 10.0. The molecule has 19 heteroatoms. The maximum atomic E-state index is 13.5. The Balaban J connectivity index is 0.837. The number of aromatic nitrogens is 2. The summed E-state index contributed by atoms with van der Waals surface area (Å²) in [5, 5.41) is 8.49. The molecule has 8 rings (SSSR count). The van der Waals surface area contributed by atoms with E-state index in [-0.39, 0.29) is 57.9 Å². The van der Waals surface area contributed by atoms with Gasteiger partial charge in [0, 0.05) is 69.4 Å². The van der Waals surface area contributed by atoms with Crippen molar-refractivity contribution >= 4 is 68.4 Å². The fraction of sp³-hybridized carbons (Fsp3) is 0.450. The Hall–Kier alpha value is -6.11. The topological polar surface area (TPSA) is 237 Å². The number of carbonyl (C=O) groups is 6. The van der Waals surface area contributed by atoms with Crippen LogP contribution in [0, 0.1) is 5.41 Å². The van der Waals surface area contributed by atoms with E-state index in [9.17, 15) is 37.2 Å². The summed E-state index contributed by atoms with van der Waals surface area (Å²) in [5.41, 5.74) is 7.49. The van der Waals surface area contributed by atoms with Crippen LogP contribution >= 0.6 is 0 Å². The summed E-state index contributed by atoms with van der Waals surface area (Å²) < 4.78 is 23.8. The van der Waals surface area contributed by atoms with Gasteiger partial charge >= 0.3 is 6.03 Å². The SMILES string of the molecule is CS(=O)(=O)c1ccc(Nc2nc(N3CCCC(NC(=O)N4CCC5(CC4)CCN(c4ccc6c(c4)C(=O)N(C4CCC(=O)NC4=O)C6=O)CC5)C3)cnc2C(N)=O)cc1. The summed E-state index contributed by atoms with van der Waals surface area (Å²) in [5.74, 6) is -2.22. The van der Waals surface area contributed by atoms with Gasteiger partial charge in [0.2, 0.25) is 11.8 Å². The average Bonchev–Trinajstić information content (AvgIpc) is 3.46. The van der Waals surface area contributed by atoms with Crippen molar-refractivity contribution in [3.63, 3.8) is 0 Å². The van der Waals surface area contributed by atoms with Crippen molar-refractivity contribution in [1.82, 2.24) is 30.4 Å². The van der Waals surface area contributed by atoms with Crippen molar-refractivity contribution in [2.75, 3.05) is 60.6 Å². The van der Waals surface area contributed by atoms with E-state index >= 15 is 0 Å². The van der Waals surface area contributed by atoms with Gasteiger partial charge in [-0.3, -0.25) is 34.2 Å². The van der Waals surface area contributed by atoms with Gasteiger partial charge < -0.3 is 31.1 Å². The molecular formula is C40H46N10O8S. The lowest BCUT2D eigenvalue weighted by Crippen LogP contribution is -2.55. The highest BCUT2D eigenvalue weighted by Gasteiger charge is 2.45. The van der Waals surface area contributed by atoms with Crippen molar-refractivity contribution < 1.29 is 37.2 Å². The lowest BCUT2D eigenvalue weighted by molar-refractivity contribution is -0.136. The normalized spacial score (nSPS) is 22.0. The highest BCUT2D eigenvalue weighted by Crippen LogP contribution is 2.43. The quantitative estimate of drug-likeness (QED) is 0.239. The average molecular weight is 827 g/mol. The van der Waals surface area contributed by atoms with Crippen molar-refractivity contribution in [3.8, 4) is 0 Å². The van der Waals surface area contributed by atoms with E-state index in [1.54, 1.807) is 24.3 Å². The van der Waals surface area contributed by atoms with Crippen LogP contribution in [0.15, 0.2) is 53.6 Å². The van der Waals surface area contributed by atoms with Crippen LogP contribution in [0.25, 0.3) is 0 Å². The van der Waals surface area contributed by atoms with Crippen LogP contribution in [-0.2, 0) is 19.4 Å². The molecule has 5 N–H and O–H groups in total. The molecule has 2 unspecified atom stereocenters. The number of benzene rings is 2. The number of anilines is 4. The molecule has 18 nitrogen and oxygen atoms in total. The summed E-state index contributed by atoms with van der Waals surface area (Å²) >= 11 is 0. The van der Waals surface area contributed by atoms with E-state index in [1.807, 2.05) is 15.9 Å². The zero-order valence-electron chi connectivity index (χ0n) is 32.6. The van der Waals surface area contributed by atoms with E-state index in [1.165, 1.54) is 18.3 Å². The first-order chi connectivity index (χ1) is 28.2. The number of likely N-dealkylation sites (tertiary alicyclic amines) is 1. The van der Waals surface area contributed by atoms with Gasteiger partial charge in [-0.15, -0.1) is 0 Å². The molecule has 2 aromatic carbocycles. The van der Waals surface area contributed by atoms with Gasteiger partial charge in [-0.05, 0) is 92.8 Å². The largest absolute Gasteiger partial charge is 0.371 e. The van der Waals surface area contributed by atoms with Gasteiger partial charge in [0.15, 0.2) is 21.3 Å². The van der Waals surface area contributed by atoms with E-state index in [0.29, 0.717) is 37.7 Å². The second-order valence-corrected chi connectivity index (χ2v) is 18.1. The Labute approximate surface area is 340 Å². The third-order valence-electron chi connectivity index (χ3n) is 12.3. The first-order valence-electron chi connectivity index (χ1n) is 19.8. The Morgan fingerprint density at radius 2 is 1.58 bits per heavy atom. The minimum absolute atomic E-state index is 0.0613. The lowest BCUT2D eigenvalue weighted by Gasteiger charge is -2.47. The molecule has 1 aromatic heterocycles. The van der Waals surface area contributed by atoms with Crippen LogP contribution < -0.4 is 31.5 Å². The van der Waals surface area contributed by atoms with Crippen LogP contribution in [0.2, 0.25) is 0 Å². The molecule has 2 atom stereocenters. The van der Waals surface area contributed by atoms with Crippen LogP contribution in [-0.4, -0.2) is 121 Å². The summed E-state index contributed by atoms with van der Waals surface area (Å²) in [6.07, 6.45) is 7.96. The second-order valence-electron chi connectivity index (χ2n) is 16.1. The minimum atomic E-state index is -3.38. The van der Waals surface area contributed by atoms with Gasteiger partial charge in [0.25, 0.3) is 17.7 Å². The number of imide groups is 2. The van der Waals surface area contributed by atoms with E-state index in [0.717, 1.165) is 68.5 Å². The molecule has 7 amide bonds. The zero-order valence-corrected chi connectivity index (χ0v) is 33.4. The third-order valence-corrected chi connectivity index (χ3v) is 13.5. The smallest absolute Gasteiger partial charge is 0.317 e. The highest BCUT2D eigenvalue weighted by atomic mass is 32.2. The fourth-order valence-corrected chi connectivity index (χ4v) is 9.50. The molecule has 5 aliphatic rings. The van der Waals surface area contributed by atoms with Gasteiger partial charge in [-0.25, -0.2) is 23.2 Å². The zero-order chi connectivity index (χ0) is 41.6. The number of nitrogens with two attached hydrogens (primary N) is 1. The van der Waals surface area contributed by atoms with Gasteiger partial charge in [-0.1, -0.05) is 0 Å². The lowest BCUT2D eigenvalue weighted by atomic mass is 9.71. The Bertz CT molecular complexity index is 2340. The molecule has 0 aliphatic carbocycles. The second kappa shape index (κ2) is 15.6. The molecule has 310 valence electrons. The number of sulfone groups is 1. The minimum Gasteiger partial charge on any atom is -0.371 e. The molecule has 3 aromatic rings. The predicted molar refractivity (Wildman–Crippen MR) is 215 cm³/mol. The number of primary amides is 1. The van der Waals surface area contributed by atoms with E-state index < -0.39 is 45.4 Å². The van der Waals surface area contributed by atoms with E-state index in [4.69, 9.17) is 5.73 Å². The summed E-state index contributed by atoms with van der Waals surface area (Å²) in [4.78, 5) is 92.6. The molecule has 0 saturated carbocycles. The number of amides is 7. The number of hydrogen-bond donors (Lipinski definition) is 4. The first kappa shape index (κ1) is 39.7. The van der Waals surface area contributed by atoms with Crippen LogP contribution in [0.4, 0.5) is 27.8 Å². The van der Waals surface area contributed by atoms with Crippen molar-refractivity contribution in [1.29, 1.82) is 0 Å². The predicted octanol–water partition coefficient (Wildman–Crippen LogP) is 2.18. The molecule has 1 spiro atoms. The van der Waals surface area contributed by atoms with Gasteiger partial charge in [0.1, 0.15) is 11.9 Å². The Kier molecular flexibility index (Phi) is 10.5. The number of hydrogen-bond acceptors (Lipinski definition) is 13. The number of nitrogens with one attached hydrogen (secondary N) is 3. The Morgan fingerprint density at radius 3 is 2.25 bits per heavy atom.